The number of Topliss-reactive ketones (excluding diaryl/α,β-unsaturated/α-hetero) is 1. The molecule has 2 aromatic heterocycles. The van der Waals surface area contributed by atoms with Gasteiger partial charge in [0.2, 0.25) is 11.8 Å². The predicted molar refractivity (Wildman–Crippen MR) is 225 cm³/mol. The van der Waals surface area contributed by atoms with Crippen LogP contribution < -0.4 is 4.90 Å². The number of carbonyl (C=O) groups excluding carboxylic acids is 4. The standard InChI is InChI=1S/C23H25Cl2FN2O2.C22H20ClF4N3O2/c1-14-3-5-16(6-4-14)13-28(22(30)11-24)23(17-7-15(2)8-17)21(29)10-20-19(26)9-18(25)12-27-20;1-12-6-14(7-12)19-21(32)30(20-17(24)8-16(23)9-28-20)11-18(31)29(19)10-13-2-4-15(5-3-13)22(25,26)27/h3-6,9,12,15,17,23H,7-8,10-11,13H2,1-2H3;2-5,8-9,12,14,19H,6-7,10-11H2,1H3. The first-order chi connectivity index (χ1) is 29.3. The summed E-state index contributed by atoms with van der Waals surface area (Å²) >= 11 is 17.4. The highest BCUT2D eigenvalue weighted by Crippen LogP contribution is 2.41. The van der Waals surface area contributed by atoms with Gasteiger partial charge in [-0.2, -0.15) is 13.2 Å². The molecule has 7 rings (SSSR count). The summed E-state index contributed by atoms with van der Waals surface area (Å²) in [4.78, 5) is 64.4. The van der Waals surface area contributed by atoms with Gasteiger partial charge in [-0.25, -0.2) is 13.8 Å². The topological polar surface area (TPSA) is 104 Å². The summed E-state index contributed by atoms with van der Waals surface area (Å²) in [7, 11) is 0. The lowest BCUT2D eigenvalue weighted by Gasteiger charge is -2.47. The van der Waals surface area contributed by atoms with Crippen molar-refractivity contribution in [3.8, 4) is 0 Å². The summed E-state index contributed by atoms with van der Waals surface area (Å²) in [6, 6.07) is 13.0. The van der Waals surface area contributed by atoms with Crippen LogP contribution in [-0.2, 0) is 44.9 Å². The first-order valence-corrected chi connectivity index (χ1v) is 21.4. The number of carbonyl (C=O) groups is 4. The van der Waals surface area contributed by atoms with E-state index in [0.29, 0.717) is 17.4 Å². The van der Waals surface area contributed by atoms with Gasteiger partial charge < -0.3 is 9.80 Å². The Labute approximate surface area is 371 Å². The molecule has 4 aromatic rings. The highest BCUT2D eigenvalue weighted by atomic mass is 35.5. The molecule has 0 radical (unpaired) electrons. The number of aryl methyl sites for hydroxylation is 1. The zero-order valence-corrected chi connectivity index (χ0v) is 36.4. The van der Waals surface area contributed by atoms with E-state index >= 15 is 0 Å². The summed E-state index contributed by atoms with van der Waals surface area (Å²) in [5.74, 6) is -2.54. The van der Waals surface area contributed by atoms with E-state index in [0.717, 1.165) is 66.0 Å². The number of aromatic nitrogens is 2. The highest BCUT2D eigenvalue weighted by molar-refractivity contribution is 6.30. The van der Waals surface area contributed by atoms with Crippen molar-refractivity contribution in [1.29, 1.82) is 0 Å². The number of alkyl halides is 4. The molecule has 2 unspecified atom stereocenters. The van der Waals surface area contributed by atoms with Crippen molar-refractivity contribution in [2.75, 3.05) is 17.3 Å². The molecule has 3 aliphatic rings. The number of anilines is 1. The Morgan fingerprint density at radius 2 is 1.44 bits per heavy atom. The van der Waals surface area contributed by atoms with E-state index in [1.54, 1.807) is 4.90 Å². The third kappa shape index (κ3) is 11.1. The van der Waals surface area contributed by atoms with Crippen LogP contribution in [0.1, 0.15) is 67.5 Å². The van der Waals surface area contributed by atoms with Gasteiger partial charge in [-0.1, -0.05) is 79.0 Å². The van der Waals surface area contributed by atoms with Crippen molar-refractivity contribution in [2.24, 2.45) is 23.7 Å². The Bertz CT molecular complexity index is 2270. The molecule has 3 fully saturated rings. The third-order valence-electron chi connectivity index (χ3n) is 11.7. The lowest BCUT2D eigenvalue weighted by atomic mass is 9.70. The summed E-state index contributed by atoms with van der Waals surface area (Å²) in [6.45, 7) is 5.99. The molecule has 0 spiro atoms. The van der Waals surface area contributed by atoms with E-state index in [1.165, 1.54) is 29.4 Å². The minimum absolute atomic E-state index is 0.0113. The highest BCUT2D eigenvalue weighted by Gasteiger charge is 2.48. The second kappa shape index (κ2) is 19.8. The van der Waals surface area contributed by atoms with Gasteiger partial charge in [0.25, 0.3) is 5.91 Å². The first-order valence-electron chi connectivity index (χ1n) is 20.1. The molecule has 330 valence electrons. The smallest absolute Gasteiger partial charge is 0.327 e. The van der Waals surface area contributed by atoms with E-state index in [2.05, 4.69) is 16.9 Å². The third-order valence-corrected chi connectivity index (χ3v) is 12.3. The molecule has 62 heavy (non-hydrogen) atoms. The minimum atomic E-state index is -4.46. The van der Waals surface area contributed by atoms with Crippen molar-refractivity contribution in [1.82, 2.24) is 19.8 Å². The van der Waals surface area contributed by atoms with Gasteiger partial charge in [-0.05, 0) is 91.7 Å². The molecule has 3 heterocycles. The second-order valence-electron chi connectivity index (χ2n) is 16.5. The number of piperazine rings is 1. The molecule has 2 aliphatic carbocycles. The number of hydrogen-bond donors (Lipinski definition) is 0. The number of hydrogen-bond acceptors (Lipinski definition) is 6. The molecule has 3 amide bonds. The van der Waals surface area contributed by atoms with Crippen LogP contribution in [0.15, 0.2) is 73.1 Å². The molecule has 2 aromatic carbocycles. The largest absolute Gasteiger partial charge is 0.416 e. The zero-order chi connectivity index (χ0) is 45.0. The summed E-state index contributed by atoms with van der Waals surface area (Å²) in [5.41, 5.74) is 1.75. The summed E-state index contributed by atoms with van der Waals surface area (Å²) < 4.78 is 67.2. The van der Waals surface area contributed by atoms with Crippen LogP contribution in [0.4, 0.5) is 27.8 Å². The first kappa shape index (κ1) is 46.8. The second-order valence-corrected chi connectivity index (χ2v) is 17.7. The molecule has 17 heteroatoms. The van der Waals surface area contributed by atoms with E-state index in [9.17, 15) is 41.1 Å². The number of nitrogens with zero attached hydrogens (tertiary/aromatic N) is 5. The molecule has 0 N–H and O–H groups in total. The SMILES string of the molecule is CC1CC(C2C(=O)N(c3ncc(Cl)cc3F)CC(=O)N2Cc2ccc(C(F)(F)F)cc2)C1.Cc1ccc(CN(C(=O)CCl)C(C(=O)Cc2ncc(Cl)cc2F)C2CC(C)C2)cc1. The Morgan fingerprint density at radius 3 is 1.98 bits per heavy atom. The van der Waals surface area contributed by atoms with E-state index in [1.807, 2.05) is 38.1 Å². The van der Waals surface area contributed by atoms with Gasteiger partial charge in [-0.3, -0.25) is 29.1 Å². The molecular weight excluding hydrogens is 876 g/mol. The maximum absolute atomic E-state index is 14.4. The fourth-order valence-corrected chi connectivity index (χ4v) is 8.91. The normalized spacial score (nSPS) is 21.6. The van der Waals surface area contributed by atoms with Crippen LogP contribution in [0.2, 0.25) is 10.0 Å². The van der Waals surface area contributed by atoms with Crippen LogP contribution in [0.25, 0.3) is 0 Å². The Morgan fingerprint density at radius 1 is 0.855 bits per heavy atom. The average molecular weight is 921 g/mol. The number of benzene rings is 2. The van der Waals surface area contributed by atoms with Crippen LogP contribution in [0.3, 0.4) is 0 Å². The van der Waals surface area contributed by atoms with Gasteiger partial charge in [0.1, 0.15) is 24.3 Å². The fourth-order valence-electron chi connectivity index (χ4n) is 8.46. The number of ketones is 1. The lowest BCUT2D eigenvalue weighted by Crippen LogP contribution is -2.63. The number of pyridine rings is 2. The zero-order valence-electron chi connectivity index (χ0n) is 34.1. The molecule has 0 bridgehead atoms. The van der Waals surface area contributed by atoms with Crippen LogP contribution in [0, 0.1) is 42.2 Å². The maximum Gasteiger partial charge on any atom is 0.416 e. The van der Waals surface area contributed by atoms with Crippen molar-refractivity contribution >= 4 is 64.1 Å². The monoisotopic (exact) mass is 919 g/mol. The van der Waals surface area contributed by atoms with Crippen LogP contribution >= 0.6 is 34.8 Å². The van der Waals surface area contributed by atoms with Gasteiger partial charge >= 0.3 is 6.18 Å². The quantitative estimate of drug-likeness (QED) is 0.104. The van der Waals surface area contributed by atoms with Crippen molar-refractivity contribution < 1.29 is 41.1 Å². The minimum Gasteiger partial charge on any atom is -0.327 e. The molecule has 1 saturated heterocycles. The van der Waals surface area contributed by atoms with Crippen LogP contribution in [0.5, 0.6) is 0 Å². The Hall–Kier alpha value is -4.66. The summed E-state index contributed by atoms with van der Waals surface area (Å²) in [5, 5.41) is 0.238. The lowest BCUT2D eigenvalue weighted by molar-refractivity contribution is -0.148. The molecule has 2 atom stereocenters. The number of rotatable bonds is 12. The van der Waals surface area contributed by atoms with Crippen LogP contribution in [-0.4, -0.2) is 67.8 Å². The number of amides is 3. The van der Waals surface area contributed by atoms with Gasteiger partial charge in [0.05, 0.1) is 33.8 Å². The van der Waals surface area contributed by atoms with Gasteiger partial charge in [0.15, 0.2) is 17.4 Å². The molecule has 2 saturated carbocycles. The van der Waals surface area contributed by atoms with Gasteiger partial charge in [0, 0.05) is 25.5 Å². The fraction of sp³-hybridized carbons (Fsp3) is 0.422. The van der Waals surface area contributed by atoms with Gasteiger partial charge in [-0.15, -0.1) is 11.6 Å². The maximum atomic E-state index is 14.4. The molecule has 1 aliphatic heterocycles. The predicted octanol–water partition coefficient (Wildman–Crippen LogP) is 9.66. The number of halogens is 8. The molecular formula is C45H45Cl3F5N5O4. The van der Waals surface area contributed by atoms with E-state index in [-0.39, 0.29) is 70.5 Å². The summed E-state index contributed by atoms with van der Waals surface area (Å²) in [6.07, 6.45) is 0.984. The van der Waals surface area contributed by atoms with Crippen molar-refractivity contribution in [2.45, 2.75) is 84.2 Å². The van der Waals surface area contributed by atoms with E-state index in [4.69, 9.17) is 34.8 Å². The van der Waals surface area contributed by atoms with Crippen molar-refractivity contribution in [3.05, 3.63) is 123 Å². The molecule has 9 nitrogen and oxygen atoms in total. The van der Waals surface area contributed by atoms with Crippen molar-refractivity contribution in [3.63, 3.8) is 0 Å². The Kier molecular flexibility index (Phi) is 15.0. The van der Waals surface area contributed by atoms with E-state index < -0.39 is 53.8 Å². The average Bonchev–Trinajstić information content (AvgIpc) is 3.19. The Balaban J connectivity index is 0.000000207.